The van der Waals surface area contributed by atoms with Crippen LogP contribution in [0.15, 0.2) is 109 Å². The lowest BCUT2D eigenvalue weighted by molar-refractivity contribution is 0.127. The van der Waals surface area contributed by atoms with Crippen molar-refractivity contribution < 1.29 is 9.84 Å². The van der Waals surface area contributed by atoms with E-state index in [1.807, 2.05) is 43.3 Å². The van der Waals surface area contributed by atoms with Crippen molar-refractivity contribution in [3.05, 3.63) is 126 Å². The Labute approximate surface area is 262 Å². The summed E-state index contributed by atoms with van der Waals surface area (Å²) in [4.78, 5) is 4.64. The molecule has 0 aromatic heterocycles. The minimum Gasteiger partial charge on any atom is -0.494 e. The Hall–Kier alpha value is -4.48. The summed E-state index contributed by atoms with van der Waals surface area (Å²) in [5.41, 5.74) is 5.39. The molecule has 0 aliphatic heterocycles. The number of nitrogens with zero attached hydrogens (tertiary/aromatic N) is 2. The standard InChI is InChI=1S/C39H45N3O2/c1-6-41(7-2)32-21-15-29(16-22-32)39(43,30-17-23-33(24-18-30)42(8-3)9-4)37-27-28-38(36-14-12-11-13-35(36)37)40-31-19-25-34(26-20-31)44-10-5/h11-28,40,43H,6-10H2,1-5H3. The van der Waals surface area contributed by atoms with Gasteiger partial charge in [0, 0.05) is 59.9 Å². The smallest absolute Gasteiger partial charge is 0.141 e. The lowest BCUT2D eigenvalue weighted by atomic mass is 9.78. The van der Waals surface area contributed by atoms with Gasteiger partial charge >= 0.3 is 0 Å². The van der Waals surface area contributed by atoms with Crippen molar-refractivity contribution >= 4 is 33.5 Å². The normalized spacial score (nSPS) is 11.4. The van der Waals surface area contributed by atoms with Gasteiger partial charge in [-0.25, -0.2) is 0 Å². The molecule has 0 spiro atoms. The molecule has 0 heterocycles. The number of fused-ring (bicyclic) bond motifs is 1. The summed E-state index contributed by atoms with van der Waals surface area (Å²) < 4.78 is 5.62. The molecule has 5 heteroatoms. The maximum Gasteiger partial charge on any atom is 0.141 e. The first-order valence-electron chi connectivity index (χ1n) is 15.9. The van der Waals surface area contributed by atoms with E-state index >= 15 is 0 Å². The van der Waals surface area contributed by atoms with E-state index in [1.165, 1.54) is 0 Å². The van der Waals surface area contributed by atoms with Crippen LogP contribution >= 0.6 is 0 Å². The number of ether oxygens (including phenoxy) is 1. The van der Waals surface area contributed by atoms with Gasteiger partial charge in [0.15, 0.2) is 0 Å². The molecule has 2 N–H and O–H groups in total. The third-order valence-electron chi connectivity index (χ3n) is 8.59. The topological polar surface area (TPSA) is 48.0 Å². The zero-order chi connectivity index (χ0) is 31.1. The molecule has 0 aliphatic carbocycles. The largest absolute Gasteiger partial charge is 0.494 e. The zero-order valence-electron chi connectivity index (χ0n) is 26.7. The van der Waals surface area contributed by atoms with Crippen LogP contribution in [0.1, 0.15) is 51.3 Å². The molecule has 0 bridgehead atoms. The van der Waals surface area contributed by atoms with E-state index in [2.05, 4.69) is 116 Å². The number of aliphatic hydroxyl groups is 1. The Kier molecular flexibility index (Phi) is 9.76. The Bertz CT molecular complexity index is 1580. The van der Waals surface area contributed by atoms with Gasteiger partial charge in [0.1, 0.15) is 11.4 Å². The van der Waals surface area contributed by atoms with Gasteiger partial charge in [0.05, 0.1) is 6.61 Å². The fourth-order valence-electron chi connectivity index (χ4n) is 6.16. The number of rotatable bonds is 13. The van der Waals surface area contributed by atoms with Crippen molar-refractivity contribution in [1.29, 1.82) is 0 Å². The summed E-state index contributed by atoms with van der Waals surface area (Å²) in [7, 11) is 0. The molecule has 44 heavy (non-hydrogen) atoms. The van der Waals surface area contributed by atoms with E-state index in [1.54, 1.807) is 0 Å². The molecule has 0 radical (unpaired) electrons. The van der Waals surface area contributed by atoms with Gasteiger partial charge in [-0.1, -0.05) is 54.6 Å². The van der Waals surface area contributed by atoms with Crippen LogP contribution in [-0.4, -0.2) is 37.9 Å². The van der Waals surface area contributed by atoms with Gasteiger partial charge in [-0.3, -0.25) is 0 Å². The Morgan fingerprint density at radius 2 is 1.09 bits per heavy atom. The molecule has 5 rings (SSSR count). The summed E-state index contributed by atoms with van der Waals surface area (Å²) >= 11 is 0. The van der Waals surface area contributed by atoms with Crippen molar-refractivity contribution in [3.8, 4) is 5.75 Å². The predicted molar refractivity (Wildman–Crippen MR) is 187 cm³/mol. The fraction of sp³-hybridized carbons (Fsp3) is 0.282. The number of hydrogen-bond acceptors (Lipinski definition) is 5. The maximum atomic E-state index is 13.0. The highest BCUT2D eigenvalue weighted by atomic mass is 16.5. The molecule has 0 saturated heterocycles. The predicted octanol–water partition coefficient (Wildman–Crippen LogP) is 8.96. The highest BCUT2D eigenvalue weighted by Gasteiger charge is 2.36. The van der Waals surface area contributed by atoms with Crippen molar-refractivity contribution in [2.75, 3.05) is 47.9 Å². The summed E-state index contributed by atoms with van der Waals surface area (Å²) in [5, 5.41) is 18.6. The molecule has 0 amide bonds. The molecule has 0 unspecified atom stereocenters. The molecule has 0 aliphatic rings. The Morgan fingerprint density at radius 1 is 0.591 bits per heavy atom. The lowest BCUT2D eigenvalue weighted by Gasteiger charge is -2.33. The average molecular weight is 588 g/mol. The minimum absolute atomic E-state index is 0.637. The van der Waals surface area contributed by atoms with Crippen molar-refractivity contribution in [2.24, 2.45) is 0 Å². The van der Waals surface area contributed by atoms with Gasteiger partial charge in [0.2, 0.25) is 0 Å². The van der Waals surface area contributed by atoms with E-state index in [0.717, 1.165) is 82.1 Å². The molecule has 0 saturated carbocycles. The van der Waals surface area contributed by atoms with Gasteiger partial charge in [-0.2, -0.15) is 0 Å². The summed E-state index contributed by atoms with van der Waals surface area (Å²) in [5.74, 6) is 0.849. The van der Waals surface area contributed by atoms with E-state index in [0.29, 0.717) is 6.61 Å². The quantitative estimate of drug-likeness (QED) is 0.135. The monoisotopic (exact) mass is 587 g/mol. The summed E-state index contributed by atoms with van der Waals surface area (Å²) in [6, 6.07) is 37.3. The van der Waals surface area contributed by atoms with Crippen LogP contribution in [0.4, 0.5) is 22.7 Å². The molecular weight excluding hydrogens is 542 g/mol. The van der Waals surface area contributed by atoms with E-state index in [9.17, 15) is 5.11 Å². The van der Waals surface area contributed by atoms with Crippen LogP contribution in [0.5, 0.6) is 5.75 Å². The minimum atomic E-state index is -1.37. The second-order valence-corrected chi connectivity index (χ2v) is 10.9. The van der Waals surface area contributed by atoms with Crippen LogP contribution in [0.25, 0.3) is 10.8 Å². The van der Waals surface area contributed by atoms with Crippen molar-refractivity contribution in [2.45, 2.75) is 40.2 Å². The SMILES string of the molecule is CCOc1ccc(Nc2ccc(C(O)(c3ccc(N(CC)CC)cc3)c3ccc(N(CC)CC)cc3)c3ccccc23)cc1. The number of hydrogen-bond donors (Lipinski definition) is 2. The van der Waals surface area contributed by atoms with Gasteiger partial charge < -0.3 is 25.0 Å². The molecule has 5 aromatic carbocycles. The number of nitrogens with one attached hydrogen (secondary N) is 1. The van der Waals surface area contributed by atoms with Gasteiger partial charge in [-0.15, -0.1) is 0 Å². The molecule has 0 fully saturated rings. The van der Waals surface area contributed by atoms with E-state index < -0.39 is 5.60 Å². The number of benzene rings is 5. The van der Waals surface area contributed by atoms with Crippen LogP contribution in [0, 0.1) is 0 Å². The third kappa shape index (κ3) is 6.11. The first-order chi connectivity index (χ1) is 21.5. The molecular formula is C39H45N3O2. The van der Waals surface area contributed by atoms with Crippen LogP contribution in [-0.2, 0) is 5.60 Å². The van der Waals surface area contributed by atoms with Gasteiger partial charge in [0.25, 0.3) is 0 Å². The van der Waals surface area contributed by atoms with E-state index in [4.69, 9.17) is 4.74 Å². The Morgan fingerprint density at radius 3 is 1.57 bits per heavy atom. The second kappa shape index (κ2) is 13.9. The molecule has 5 aromatic rings. The number of anilines is 4. The fourth-order valence-corrected chi connectivity index (χ4v) is 6.16. The summed E-state index contributed by atoms with van der Waals surface area (Å²) in [6.45, 7) is 15.0. The van der Waals surface area contributed by atoms with Crippen LogP contribution in [0.2, 0.25) is 0 Å². The van der Waals surface area contributed by atoms with Gasteiger partial charge in [-0.05, 0) is 106 Å². The van der Waals surface area contributed by atoms with Crippen LogP contribution < -0.4 is 19.9 Å². The zero-order valence-corrected chi connectivity index (χ0v) is 26.7. The van der Waals surface area contributed by atoms with Crippen molar-refractivity contribution in [1.82, 2.24) is 0 Å². The Balaban J connectivity index is 1.64. The highest BCUT2D eigenvalue weighted by Crippen LogP contribution is 2.43. The lowest BCUT2D eigenvalue weighted by Crippen LogP contribution is -2.30. The maximum absolute atomic E-state index is 13.0. The first kappa shape index (κ1) is 31.0. The third-order valence-corrected chi connectivity index (χ3v) is 8.59. The molecule has 0 atom stereocenters. The van der Waals surface area contributed by atoms with Crippen molar-refractivity contribution in [3.63, 3.8) is 0 Å². The summed E-state index contributed by atoms with van der Waals surface area (Å²) in [6.07, 6.45) is 0. The molecule has 228 valence electrons. The second-order valence-electron chi connectivity index (χ2n) is 10.9. The average Bonchev–Trinajstić information content (AvgIpc) is 3.07. The first-order valence-corrected chi connectivity index (χ1v) is 15.9. The van der Waals surface area contributed by atoms with Crippen LogP contribution in [0.3, 0.4) is 0 Å². The molecule has 5 nitrogen and oxygen atoms in total. The van der Waals surface area contributed by atoms with E-state index in [-0.39, 0.29) is 0 Å². The highest BCUT2D eigenvalue weighted by molar-refractivity contribution is 5.98.